The van der Waals surface area contributed by atoms with Gasteiger partial charge in [0.1, 0.15) is 6.04 Å². The van der Waals surface area contributed by atoms with Crippen molar-refractivity contribution in [1.82, 2.24) is 19.8 Å². The topological polar surface area (TPSA) is 79.7 Å². The number of nitrogens with zero attached hydrogens (tertiary/aromatic N) is 4. The van der Waals surface area contributed by atoms with Crippen molar-refractivity contribution < 1.29 is 14.3 Å². The lowest BCUT2D eigenvalue weighted by Crippen LogP contribution is -2.54. The zero-order chi connectivity index (χ0) is 22.5. The van der Waals surface area contributed by atoms with Crippen LogP contribution in [-0.2, 0) is 16.1 Å². The number of esters is 1. The Labute approximate surface area is 187 Å². The number of ether oxygens (including phenoxy) is 1. The highest BCUT2D eigenvalue weighted by atomic mass is 16.5. The number of aromatic nitrogens is 2. The maximum absolute atomic E-state index is 12.6. The fourth-order valence-corrected chi connectivity index (χ4v) is 3.94. The molecule has 8 heteroatoms. The van der Waals surface area contributed by atoms with Crippen molar-refractivity contribution in [2.75, 3.05) is 37.7 Å². The second-order valence-electron chi connectivity index (χ2n) is 7.87. The SMILES string of the molecule is CCOC(=O)[C@@H](C)NC(=O)N1CCN(c2nc3ccccc3n2Cc2ccccc2)CC1. The number of carbonyl (C=O) groups excluding carboxylic acids is 2. The number of amides is 2. The molecule has 1 N–H and O–H groups in total. The molecule has 0 unspecified atom stereocenters. The molecule has 0 spiro atoms. The number of carbonyl (C=O) groups is 2. The number of nitrogens with one attached hydrogen (secondary N) is 1. The van der Waals surface area contributed by atoms with Gasteiger partial charge in [0.2, 0.25) is 5.95 Å². The second kappa shape index (κ2) is 9.72. The summed E-state index contributed by atoms with van der Waals surface area (Å²) in [6.45, 7) is 6.84. The molecular formula is C24H29N5O3. The molecule has 0 radical (unpaired) electrons. The average molecular weight is 436 g/mol. The lowest BCUT2D eigenvalue weighted by molar-refractivity contribution is -0.144. The molecule has 8 nitrogen and oxygen atoms in total. The molecule has 0 bridgehead atoms. The summed E-state index contributed by atoms with van der Waals surface area (Å²) in [5, 5.41) is 2.73. The number of fused-ring (bicyclic) bond motifs is 1. The lowest BCUT2D eigenvalue weighted by Gasteiger charge is -2.35. The average Bonchev–Trinajstić information content (AvgIpc) is 3.18. The molecule has 168 valence electrons. The van der Waals surface area contributed by atoms with E-state index in [1.165, 1.54) is 5.56 Å². The summed E-state index contributed by atoms with van der Waals surface area (Å²) in [6.07, 6.45) is 0. The van der Waals surface area contributed by atoms with Crippen LogP contribution in [-0.4, -0.2) is 65.3 Å². The molecule has 2 amide bonds. The Balaban J connectivity index is 1.46. The van der Waals surface area contributed by atoms with Crippen molar-refractivity contribution >= 4 is 29.0 Å². The van der Waals surface area contributed by atoms with Gasteiger partial charge in [-0.2, -0.15) is 0 Å². The van der Waals surface area contributed by atoms with Gasteiger partial charge in [0.15, 0.2) is 0 Å². The standard InChI is InChI=1S/C24H29N5O3/c1-3-32-22(30)18(2)25-24(31)28-15-13-27(14-16-28)23-26-20-11-7-8-12-21(20)29(23)17-19-9-5-4-6-10-19/h4-12,18H,3,13-17H2,1-2H3,(H,25,31)/t18-/m1/s1. The molecular weight excluding hydrogens is 406 g/mol. The van der Waals surface area contributed by atoms with E-state index in [0.29, 0.717) is 32.8 Å². The van der Waals surface area contributed by atoms with E-state index in [9.17, 15) is 9.59 Å². The van der Waals surface area contributed by atoms with E-state index in [1.54, 1.807) is 18.7 Å². The lowest BCUT2D eigenvalue weighted by atomic mass is 10.2. The zero-order valence-corrected chi connectivity index (χ0v) is 18.5. The van der Waals surface area contributed by atoms with Crippen molar-refractivity contribution in [3.63, 3.8) is 0 Å². The number of hydrogen-bond acceptors (Lipinski definition) is 5. The molecule has 1 fully saturated rings. The van der Waals surface area contributed by atoms with Gasteiger partial charge in [-0.05, 0) is 31.5 Å². The van der Waals surface area contributed by atoms with Crippen molar-refractivity contribution in [3.05, 3.63) is 60.2 Å². The quantitative estimate of drug-likeness (QED) is 0.603. The number of rotatable bonds is 6. The molecule has 1 aromatic heterocycles. The molecule has 0 saturated carbocycles. The first-order chi connectivity index (χ1) is 15.6. The van der Waals surface area contributed by atoms with Gasteiger partial charge in [-0.3, -0.25) is 0 Å². The van der Waals surface area contributed by atoms with Crippen LogP contribution in [0.4, 0.5) is 10.7 Å². The first-order valence-corrected chi connectivity index (χ1v) is 11.0. The van der Waals surface area contributed by atoms with Gasteiger partial charge in [-0.25, -0.2) is 14.6 Å². The van der Waals surface area contributed by atoms with E-state index in [-0.39, 0.29) is 6.03 Å². The summed E-state index contributed by atoms with van der Waals surface area (Å²) < 4.78 is 7.21. The van der Waals surface area contributed by atoms with Crippen LogP contribution >= 0.6 is 0 Å². The molecule has 2 aromatic carbocycles. The van der Waals surface area contributed by atoms with Gasteiger partial charge in [-0.1, -0.05) is 42.5 Å². The summed E-state index contributed by atoms with van der Waals surface area (Å²) >= 11 is 0. The highest BCUT2D eigenvalue weighted by molar-refractivity contribution is 5.83. The summed E-state index contributed by atoms with van der Waals surface area (Å²) in [6, 6.07) is 17.6. The van der Waals surface area contributed by atoms with Crippen LogP contribution in [0.15, 0.2) is 54.6 Å². The minimum absolute atomic E-state index is 0.247. The van der Waals surface area contributed by atoms with E-state index in [2.05, 4.69) is 33.0 Å². The van der Waals surface area contributed by atoms with E-state index < -0.39 is 12.0 Å². The fourth-order valence-electron chi connectivity index (χ4n) is 3.94. The third-order valence-electron chi connectivity index (χ3n) is 5.65. The second-order valence-corrected chi connectivity index (χ2v) is 7.87. The van der Waals surface area contributed by atoms with E-state index >= 15 is 0 Å². The zero-order valence-electron chi connectivity index (χ0n) is 18.5. The molecule has 2 heterocycles. The molecule has 0 aliphatic carbocycles. The molecule has 1 atom stereocenters. The van der Waals surface area contributed by atoms with Gasteiger partial charge in [0, 0.05) is 26.2 Å². The van der Waals surface area contributed by atoms with Crippen molar-refractivity contribution in [2.24, 2.45) is 0 Å². The van der Waals surface area contributed by atoms with Crippen molar-refractivity contribution in [1.29, 1.82) is 0 Å². The Bertz CT molecular complexity index is 1070. The third-order valence-corrected chi connectivity index (χ3v) is 5.65. The Morgan fingerprint density at radius 3 is 2.44 bits per heavy atom. The summed E-state index contributed by atoms with van der Waals surface area (Å²) in [4.78, 5) is 33.2. The number of hydrogen-bond donors (Lipinski definition) is 1. The van der Waals surface area contributed by atoms with Crippen LogP contribution in [0.1, 0.15) is 19.4 Å². The predicted molar refractivity (Wildman–Crippen MR) is 124 cm³/mol. The summed E-state index contributed by atoms with van der Waals surface area (Å²) in [7, 11) is 0. The van der Waals surface area contributed by atoms with E-state index in [0.717, 1.165) is 23.5 Å². The highest BCUT2D eigenvalue weighted by Crippen LogP contribution is 2.25. The molecule has 4 rings (SSSR count). The third kappa shape index (κ3) is 4.69. The monoisotopic (exact) mass is 435 g/mol. The Morgan fingerprint density at radius 1 is 1.03 bits per heavy atom. The Kier molecular flexibility index (Phi) is 6.58. The predicted octanol–water partition coefficient (Wildman–Crippen LogP) is 2.87. The summed E-state index contributed by atoms with van der Waals surface area (Å²) in [5.41, 5.74) is 3.26. The molecule has 1 aliphatic heterocycles. The molecule has 1 saturated heterocycles. The minimum Gasteiger partial charge on any atom is -0.464 e. The van der Waals surface area contributed by atoms with Gasteiger partial charge in [0.05, 0.1) is 24.2 Å². The number of para-hydroxylation sites is 2. The van der Waals surface area contributed by atoms with Crippen LogP contribution < -0.4 is 10.2 Å². The van der Waals surface area contributed by atoms with Crippen LogP contribution in [0.2, 0.25) is 0 Å². The van der Waals surface area contributed by atoms with Gasteiger partial charge < -0.3 is 24.4 Å². The normalized spacial score (nSPS) is 14.9. The Morgan fingerprint density at radius 2 is 1.72 bits per heavy atom. The Hall–Kier alpha value is -3.55. The number of urea groups is 1. The van der Waals surface area contributed by atoms with Gasteiger partial charge in [0.25, 0.3) is 0 Å². The molecule has 32 heavy (non-hydrogen) atoms. The number of imidazole rings is 1. The molecule has 3 aromatic rings. The van der Waals surface area contributed by atoms with Gasteiger partial charge in [-0.15, -0.1) is 0 Å². The maximum Gasteiger partial charge on any atom is 0.328 e. The maximum atomic E-state index is 12.6. The van der Waals surface area contributed by atoms with Gasteiger partial charge >= 0.3 is 12.0 Å². The number of piperazine rings is 1. The first kappa shape index (κ1) is 21.7. The fraction of sp³-hybridized carbons (Fsp3) is 0.375. The van der Waals surface area contributed by atoms with Crippen molar-refractivity contribution in [3.8, 4) is 0 Å². The summed E-state index contributed by atoms with van der Waals surface area (Å²) in [5.74, 6) is 0.490. The first-order valence-electron chi connectivity index (χ1n) is 11.0. The van der Waals surface area contributed by atoms with E-state index in [1.807, 2.05) is 36.4 Å². The molecule has 1 aliphatic rings. The smallest absolute Gasteiger partial charge is 0.328 e. The number of benzene rings is 2. The number of anilines is 1. The minimum atomic E-state index is -0.671. The highest BCUT2D eigenvalue weighted by Gasteiger charge is 2.27. The van der Waals surface area contributed by atoms with E-state index in [4.69, 9.17) is 9.72 Å². The van der Waals surface area contributed by atoms with Crippen molar-refractivity contribution in [2.45, 2.75) is 26.4 Å². The van der Waals surface area contributed by atoms with Crippen LogP contribution in [0, 0.1) is 0 Å². The van der Waals surface area contributed by atoms with Crippen LogP contribution in [0.25, 0.3) is 11.0 Å². The largest absolute Gasteiger partial charge is 0.464 e. The van der Waals surface area contributed by atoms with Crippen LogP contribution in [0.3, 0.4) is 0 Å². The van der Waals surface area contributed by atoms with Crippen LogP contribution in [0.5, 0.6) is 0 Å².